The minimum absolute atomic E-state index is 0.0579. The molecule has 2 nitrogen and oxygen atoms in total. The van der Waals surface area contributed by atoms with Gasteiger partial charge in [-0.3, -0.25) is 0 Å². The molecule has 2 heterocycles. The van der Waals surface area contributed by atoms with Gasteiger partial charge < -0.3 is 9.73 Å². The van der Waals surface area contributed by atoms with Crippen LogP contribution in [0.3, 0.4) is 0 Å². The van der Waals surface area contributed by atoms with Crippen molar-refractivity contribution in [3.63, 3.8) is 0 Å². The van der Waals surface area contributed by atoms with Crippen LogP contribution in [0.2, 0.25) is 5.02 Å². The summed E-state index contributed by atoms with van der Waals surface area (Å²) in [5, 5.41) is 3.97. The first-order valence-corrected chi connectivity index (χ1v) is 6.79. The maximum absolute atomic E-state index is 6.03. The molecule has 0 aliphatic carbocycles. The third-order valence-electron chi connectivity index (χ3n) is 2.28. The van der Waals surface area contributed by atoms with Crippen LogP contribution in [0.1, 0.15) is 22.4 Å². The first kappa shape index (κ1) is 12.2. The molecule has 0 aliphatic heterocycles. The molecule has 0 radical (unpaired) electrons. The third kappa shape index (κ3) is 2.35. The van der Waals surface area contributed by atoms with Gasteiger partial charge in [0.25, 0.3) is 0 Å². The van der Waals surface area contributed by atoms with Crippen molar-refractivity contribution in [2.75, 3.05) is 7.05 Å². The van der Waals surface area contributed by atoms with Crippen LogP contribution in [0.4, 0.5) is 0 Å². The van der Waals surface area contributed by atoms with Crippen molar-refractivity contribution < 1.29 is 4.42 Å². The van der Waals surface area contributed by atoms with Gasteiger partial charge in [-0.2, -0.15) is 0 Å². The van der Waals surface area contributed by atoms with E-state index in [0.717, 1.165) is 25.2 Å². The molecule has 0 aliphatic rings. The van der Waals surface area contributed by atoms with E-state index < -0.39 is 0 Å². The summed E-state index contributed by atoms with van der Waals surface area (Å²) in [5.41, 5.74) is 0. The van der Waals surface area contributed by atoms with Crippen molar-refractivity contribution in [3.05, 3.63) is 43.4 Å². The topological polar surface area (TPSA) is 25.2 Å². The summed E-state index contributed by atoms with van der Waals surface area (Å²) in [4.78, 5) is 1.13. The average Bonchev–Trinajstić information content (AvgIpc) is 2.77. The fourth-order valence-electron chi connectivity index (χ4n) is 1.54. The zero-order valence-electron chi connectivity index (χ0n) is 8.88. The quantitative estimate of drug-likeness (QED) is 0.908. The molecule has 0 fully saturated rings. The molecule has 0 amide bonds. The summed E-state index contributed by atoms with van der Waals surface area (Å²) >= 11 is 11.1. The molecule has 86 valence electrons. The van der Waals surface area contributed by atoms with Gasteiger partial charge >= 0.3 is 0 Å². The van der Waals surface area contributed by atoms with Crippen LogP contribution in [-0.4, -0.2) is 7.05 Å². The summed E-state index contributed by atoms with van der Waals surface area (Å²) in [6.45, 7) is 1.94. The van der Waals surface area contributed by atoms with Gasteiger partial charge in [0.05, 0.1) is 8.81 Å². The number of hydrogen-bond donors (Lipinski definition) is 1. The van der Waals surface area contributed by atoms with E-state index in [1.54, 1.807) is 11.3 Å². The Bertz CT molecular complexity index is 474. The number of thiophene rings is 1. The van der Waals surface area contributed by atoms with Crippen molar-refractivity contribution in [1.29, 1.82) is 0 Å². The van der Waals surface area contributed by atoms with Crippen LogP contribution in [0, 0.1) is 6.92 Å². The van der Waals surface area contributed by atoms with Crippen molar-refractivity contribution in [1.82, 2.24) is 5.32 Å². The highest BCUT2D eigenvalue weighted by molar-refractivity contribution is 9.11. The monoisotopic (exact) mass is 319 g/mol. The van der Waals surface area contributed by atoms with Crippen molar-refractivity contribution in [3.8, 4) is 0 Å². The van der Waals surface area contributed by atoms with E-state index in [9.17, 15) is 0 Å². The minimum atomic E-state index is 0.0579. The molecule has 16 heavy (non-hydrogen) atoms. The summed E-state index contributed by atoms with van der Waals surface area (Å²) < 4.78 is 6.58. The number of furan rings is 1. The van der Waals surface area contributed by atoms with Gasteiger partial charge in [0.2, 0.25) is 0 Å². The number of aryl methyl sites for hydroxylation is 1. The van der Waals surface area contributed by atoms with Gasteiger partial charge in [-0.25, -0.2) is 0 Å². The molecule has 1 unspecified atom stereocenters. The molecule has 1 atom stereocenters. The first-order chi connectivity index (χ1) is 7.61. The molecule has 0 bridgehead atoms. The Labute approximate surface area is 112 Å². The summed E-state index contributed by atoms with van der Waals surface area (Å²) in [6.07, 6.45) is 0. The van der Waals surface area contributed by atoms with Crippen LogP contribution >= 0.6 is 38.9 Å². The highest BCUT2D eigenvalue weighted by atomic mass is 79.9. The van der Waals surface area contributed by atoms with Gasteiger partial charge in [-0.05, 0) is 48.1 Å². The van der Waals surface area contributed by atoms with Crippen LogP contribution in [0.25, 0.3) is 0 Å². The Morgan fingerprint density at radius 1 is 1.50 bits per heavy atom. The second kappa shape index (κ2) is 4.92. The number of hydrogen-bond acceptors (Lipinski definition) is 3. The Kier molecular flexibility index (Phi) is 3.74. The van der Waals surface area contributed by atoms with Gasteiger partial charge in [0.15, 0.2) is 0 Å². The molecular weight excluding hydrogens is 310 g/mol. The second-order valence-electron chi connectivity index (χ2n) is 3.44. The van der Waals surface area contributed by atoms with Gasteiger partial charge in [-0.15, -0.1) is 11.3 Å². The lowest BCUT2D eigenvalue weighted by Gasteiger charge is -2.10. The van der Waals surface area contributed by atoms with Crippen LogP contribution < -0.4 is 5.32 Å². The fraction of sp³-hybridized carbons (Fsp3) is 0.273. The van der Waals surface area contributed by atoms with Crippen LogP contribution in [0.5, 0.6) is 0 Å². The van der Waals surface area contributed by atoms with E-state index in [-0.39, 0.29) is 6.04 Å². The van der Waals surface area contributed by atoms with Gasteiger partial charge in [-0.1, -0.05) is 11.6 Å². The Balaban J connectivity index is 2.36. The zero-order chi connectivity index (χ0) is 11.7. The molecule has 5 heteroatoms. The molecule has 1 N–H and O–H groups in total. The van der Waals surface area contributed by atoms with E-state index in [4.69, 9.17) is 16.0 Å². The highest BCUT2D eigenvalue weighted by Crippen LogP contribution is 2.37. The van der Waals surface area contributed by atoms with Crippen molar-refractivity contribution in [2.45, 2.75) is 13.0 Å². The Hall–Kier alpha value is -0.290. The molecule has 0 saturated carbocycles. The number of rotatable bonds is 3. The Morgan fingerprint density at radius 3 is 2.69 bits per heavy atom. The largest absolute Gasteiger partial charge is 0.464 e. The summed E-state index contributed by atoms with van der Waals surface area (Å²) in [7, 11) is 1.91. The van der Waals surface area contributed by atoms with E-state index >= 15 is 0 Å². The molecular formula is C11H11BrClNOS. The molecule has 2 aromatic heterocycles. The van der Waals surface area contributed by atoms with E-state index in [0.29, 0.717) is 0 Å². The maximum Gasteiger partial charge on any atom is 0.126 e. The van der Waals surface area contributed by atoms with E-state index in [1.807, 2.05) is 32.2 Å². The predicted molar refractivity (Wildman–Crippen MR) is 71.4 cm³/mol. The van der Waals surface area contributed by atoms with Crippen molar-refractivity contribution in [2.24, 2.45) is 0 Å². The van der Waals surface area contributed by atoms with Crippen LogP contribution in [-0.2, 0) is 0 Å². The number of nitrogens with one attached hydrogen (secondary N) is 1. The molecule has 0 aromatic carbocycles. The highest BCUT2D eigenvalue weighted by Gasteiger charge is 2.19. The normalized spacial score (nSPS) is 13.0. The fourth-order valence-corrected chi connectivity index (χ4v) is 3.40. The predicted octanol–water partition coefficient (Wildman–Crippen LogP) is 4.37. The number of halogens is 2. The SMILES string of the molecule is CNC(c1ccc(C)o1)c1cc(Cl)c(Br)s1. The standard InChI is InChI=1S/C11H11BrClNOS/c1-6-3-4-8(15-6)10(14-2)9-5-7(13)11(12)16-9/h3-5,10,14H,1-2H3. The lowest BCUT2D eigenvalue weighted by molar-refractivity contribution is 0.446. The average molecular weight is 321 g/mol. The third-order valence-corrected chi connectivity index (χ3v) is 4.82. The second-order valence-corrected chi connectivity index (χ2v) is 6.25. The molecule has 2 rings (SSSR count). The van der Waals surface area contributed by atoms with Crippen molar-refractivity contribution >= 4 is 38.9 Å². The lowest BCUT2D eigenvalue weighted by atomic mass is 10.2. The zero-order valence-corrected chi connectivity index (χ0v) is 12.0. The van der Waals surface area contributed by atoms with E-state index in [1.165, 1.54) is 0 Å². The molecule has 2 aromatic rings. The minimum Gasteiger partial charge on any atom is -0.464 e. The maximum atomic E-state index is 6.03. The summed E-state index contributed by atoms with van der Waals surface area (Å²) in [5.74, 6) is 1.82. The lowest BCUT2D eigenvalue weighted by Crippen LogP contribution is -2.15. The van der Waals surface area contributed by atoms with E-state index in [2.05, 4.69) is 21.2 Å². The smallest absolute Gasteiger partial charge is 0.126 e. The van der Waals surface area contributed by atoms with Crippen LogP contribution in [0.15, 0.2) is 26.4 Å². The Morgan fingerprint density at radius 2 is 2.25 bits per heavy atom. The molecule has 0 saturated heterocycles. The van der Waals surface area contributed by atoms with Gasteiger partial charge in [0.1, 0.15) is 17.6 Å². The molecule has 0 spiro atoms. The van der Waals surface area contributed by atoms with Gasteiger partial charge in [0, 0.05) is 4.88 Å². The summed E-state index contributed by atoms with van der Waals surface area (Å²) in [6, 6.07) is 5.96. The first-order valence-electron chi connectivity index (χ1n) is 4.80.